The van der Waals surface area contributed by atoms with Crippen molar-refractivity contribution < 1.29 is 4.74 Å². The molecule has 3 nitrogen and oxygen atoms in total. The van der Waals surface area contributed by atoms with Crippen LogP contribution in [0.5, 0.6) is 5.75 Å². The minimum absolute atomic E-state index is 0.533. The number of anilines is 2. The number of nitrogens with zero attached hydrogens (tertiary/aromatic N) is 1. The fourth-order valence-electron chi connectivity index (χ4n) is 3.77. The number of hydrogen-bond donors (Lipinski definition) is 1. The van der Waals surface area contributed by atoms with Crippen LogP contribution in [0.4, 0.5) is 11.4 Å². The monoisotopic (exact) mass is 336 g/mol. The van der Waals surface area contributed by atoms with Crippen LogP contribution in [0.15, 0.2) is 42.5 Å². The number of hydrogen-bond acceptors (Lipinski definition) is 3. The lowest BCUT2D eigenvalue weighted by atomic mass is 9.82. The predicted octanol–water partition coefficient (Wildman–Crippen LogP) is 4.62. The third-order valence-corrected chi connectivity index (χ3v) is 5.64. The lowest BCUT2D eigenvalue weighted by Crippen LogP contribution is -2.19. The summed E-state index contributed by atoms with van der Waals surface area (Å²) in [6, 6.07) is 15.3. The summed E-state index contributed by atoms with van der Waals surface area (Å²) < 4.78 is 5.84. The quantitative estimate of drug-likeness (QED) is 0.836. The molecule has 0 aliphatic heterocycles. The van der Waals surface area contributed by atoms with Gasteiger partial charge in [-0.3, -0.25) is 0 Å². The van der Waals surface area contributed by atoms with Gasteiger partial charge >= 0.3 is 0 Å². The van der Waals surface area contributed by atoms with Gasteiger partial charge in [0.2, 0.25) is 0 Å². The molecule has 2 aliphatic carbocycles. The molecule has 0 heterocycles. The molecule has 0 amide bonds. The van der Waals surface area contributed by atoms with Crippen molar-refractivity contribution in [1.29, 1.82) is 0 Å². The van der Waals surface area contributed by atoms with Crippen LogP contribution in [-0.2, 0) is 6.42 Å². The Bertz CT molecular complexity index is 721. The van der Waals surface area contributed by atoms with Crippen molar-refractivity contribution in [2.45, 2.75) is 38.0 Å². The molecule has 0 radical (unpaired) electrons. The number of fused-ring (bicyclic) bond motifs is 1. The second kappa shape index (κ2) is 7.09. The minimum Gasteiger partial charge on any atom is -0.493 e. The first-order valence-electron chi connectivity index (χ1n) is 9.54. The summed E-state index contributed by atoms with van der Waals surface area (Å²) in [5.41, 5.74) is 11.3. The zero-order chi connectivity index (χ0) is 17.2. The molecule has 25 heavy (non-hydrogen) atoms. The van der Waals surface area contributed by atoms with Crippen LogP contribution in [0.25, 0.3) is 0 Å². The molecule has 2 aromatic carbocycles. The lowest BCUT2D eigenvalue weighted by molar-refractivity contribution is 0.300. The molecule has 0 spiro atoms. The van der Waals surface area contributed by atoms with E-state index in [1.165, 1.54) is 54.6 Å². The summed E-state index contributed by atoms with van der Waals surface area (Å²) in [6.45, 7) is 1.62. The van der Waals surface area contributed by atoms with Crippen LogP contribution in [0, 0.1) is 5.92 Å². The second-order valence-corrected chi connectivity index (χ2v) is 7.52. The molecule has 2 N–H and O–H groups in total. The number of ether oxygens (including phenoxy) is 1. The summed E-state index contributed by atoms with van der Waals surface area (Å²) in [7, 11) is 2.13. The standard InChI is InChI=1S/C22H28N2O/c1-24(19-7-10-21(11-8-19)25-15-16-5-6-16)20-9-12-22-17(13-20)3-2-4-18(22)14-23/h7-13,16,18H,2-6,14-15,23H2,1H3/t18-/m0/s1. The van der Waals surface area contributed by atoms with Crippen LogP contribution in [-0.4, -0.2) is 20.2 Å². The summed E-state index contributed by atoms with van der Waals surface area (Å²) in [5.74, 6) is 2.29. The van der Waals surface area contributed by atoms with Crippen LogP contribution in [0.3, 0.4) is 0 Å². The van der Waals surface area contributed by atoms with Gasteiger partial charge in [-0.25, -0.2) is 0 Å². The molecule has 1 saturated carbocycles. The average molecular weight is 336 g/mol. The Labute approximate surface area is 150 Å². The van der Waals surface area contributed by atoms with E-state index in [0.717, 1.165) is 24.8 Å². The average Bonchev–Trinajstić information content (AvgIpc) is 3.49. The molecule has 3 heteroatoms. The van der Waals surface area contributed by atoms with E-state index in [-0.39, 0.29) is 0 Å². The van der Waals surface area contributed by atoms with E-state index in [4.69, 9.17) is 10.5 Å². The van der Waals surface area contributed by atoms with Gasteiger partial charge in [0.25, 0.3) is 0 Å². The van der Waals surface area contributed by atoms with Crippen LogP contribution in [0.1, 0.15) is 42.7 Å². The molecule has 0 saturated heterocycles. The molecule has 132 valence electrons. The zero-order valence-electron chi connectivity index (χ0n) is 15.1. The van der Waals surface area contributed by atoms with Crippen molar-refractivity contribution in [3.63, 3.8) is 0 Å². The van der Waals surface area contributed by atoms with Crippen LogP contribution in [0.2, 0.25) is 0 Å². The highest BCUT2D eigenvalue weighted by Crippen LogP contribution is 2.35. The Kier molecular flexibility index (Phi) is 4.67. The van der Waals surface area contributed by atoms with E-state index in [1.54, 1.807) is 0 Å². The Hall–Kier alpha value is -2.00. The maximum atomic E-state index is 5.95. The third kappa shape index (κ3) is 3.67. The normalized spacial score (nSPS) is 19.4. The fraction of sp³-hybridized carbons (Fsp3) is 0.455. The van der Waals surface area contributed by atoms with Crippen molar-refractivity contribution in [3.8, 4) is 5.75 Å². The summed E-state index contributed by atoms with van der Waals surface area (Å²) in [5, 5.41) is 0. The SMILES string of the molecule is CN(c1ccc(OCC2CC2)cc1)c1ccc2c(c1)CCC[C@H]2CN. The maximum Gasteiger partial charge on any atom is 0.119 e. The van der Waals surface area contributed by atoms with E-state index >= 15 is 0 Å². The molecule has 2 aromatic rings. The summed E-state index contributed by atoms with van der Waals surface area (Å²) in [4.78, 5) is 2.25. The van der Waals surface area contributed by atoms with Gasteiger partial charge in [-0.15, -0.1) is 0 Å². The Morgan fingerprint density at radius 1 is 1.04 bits per heavy atom. The van der Waals surface area contributed by atoms with Crippen molar-refractivity contribution in [1.82, 2.24) is 0 Å². The molecular formula is C22H28N2O. The number of rotatable bonds is 6. The highest BCUT2D eigenvalue weighted by molar-refractivity contribution is 5.64. The molecule has 0 aromatic heterocycles. The summed E-state index contributed by atoms with van der Waals surface area (Å²) in [6.07, 6.45) is 6.28. The molecular weight excluding hydrogens is 308 g/mol. The molecule has 2 aliphatic rings. The highest BCUT2D eigenvalue weighted by Gasteiger charge is 2.22. The molecule has 0 bridgehead atoms. The van der Waals surface area contributed by atoms with E-state index < -0.39 is 0 Å². The van der Waals surface area contributed by atoms with Crippen molar-refractivity contribution in [2.24, 2.45) is 11.7 Å². The second-order valence-electron chi connectivity index (χ2n) is 7.52. The largest absolute Gasteiger partial charge is 0.493 e. The van der Waals surface area contributed by atoms with Crippen molar-refractivity contribution in [2.75, 3.05) is 25.1 Å². The molecule has 1 fully saturated rings. The van der Waals surface area contributed by atoms with Crippen molar-refractivity contribution >= 4 is 11.4 Å². The van der Waals surface area contributed by atoms with Crippen LogP contribution < -0.4 is 15.4 Å². The topological polar surface area (TPSA) is 38.5 Å². The first-order chi connectivity index (χ1) is 12.2. The summed E-state index contributed by atoms with van der Waals surface area (Å²) >= 11 is 0. The van der Waals surface area contributed by atoms with Gasteiger partial charge in [0.05, 0.1) is 6.61 Å². The molecule has 0 unspecified atom stereocenters. The number of aryl methyl sites for hydroxylation is 1. The van der Waals surface area contributed by atoms with E-state index in [2.05, 4.69) is 54.4 Å². The van der Waals surface area contributed by atoms with E-state index in [9.17, 15) is 0 Å². The fourth-order valence-corrected chi connectivity index (χ4v) is 3.77. The van der Waals surface area contributed by atoms with E-state index in [1.807, 2.05) is 0 Å². The smallest absolute Gasteiger partial charge is 0.119 e. The van der Waals surface area contributed by atoms with Gasteiger partial charge in [0, 0.05) is 18.4 Å². The Morgan fingerprint density at radius 3 is 2.52 bits per heavy atom. The van der Waals surface area contributed by atoms with Gasteiger partial charge in [0.1, 0.15) is 5.75 Å². The first-order valence-corrected chi connectivity index (χ1v) is 9.54. The zero-order valence-corrected chi connectivity index (χ0v) is 15.1. The minimum atomic E-state index is 0.533. The van der Waals surface area contributed by atoms with Gasteiger partial charge < -0.3 is 15.4 Å². The Balaban J connectivity index is 1.49. The highest BCUT2D eigenvalue weighted by atomic mass is 16.5. The number of benzene rings is 2. The van der Waals surface area contributed by atoms with Crippen molar-refractivity contribution in [3.05, 3.63) is 53.6 Å². The Morgan fingerprint density at radius 2 is 1.80 bits per heavy atom. The van der Waals surface area contributed by atoms with Gasteiger partial charge in [-0.1, -0.05) is 6.07 Å². The predicted molar refractivity (Wildman–Crippen MR) is 104 cm³/mol. The lowest BCUT2D eigenvalue weighted by Gasteiger charge is -2.27. The third-order valence-electron chi connectivity index (χ3n) is 5.64. The maximum absolute atomic E-state index is 5.95. The van der Waals surface area contributed by atoms with E-state index in [0.29, 0.717) is 5.92 Å². The van der Waals surface area contributed by atoms with Gasteiger partial charge in [0.15, 0.2) is 0 Å². The number of nitrogens with two attached hydrogens (primary N) is 1. The van der Waals surface area contributed by atoms with Gasteiger partial charge in [-0.05, 0) is 98.0 Å². The molecule has 1 atom stereocenters. The molecule has 4 rings (SSSR count). The first kappa shape index (κ1) is 16.5. The van der Waals surface area contributed by atoms with Crippen LogP contribution >= 0.6 is 0 Å². The van der Waals surface area contributed by atoms with Gasteiger partial charge in [-0.2, -0.15) is 0 Å².